The Labute approximate surface area is 351 Å². The highest BCUT2D eigenvalue weighted by Gasteiger charge is 2.14. The highest BCUT2D eigenvalue weighted by atomic mass is 16.6. The van der Waals surface area contributed by atoms with Crippen molar-refractivity contribution in [2.75, 3.05) is 42.3 Å². The molecule has 0 bridgehead atoms. The van der Waals surface area contributed by atoms with Crippen molar-refractivity contribution in [3.05, 3.63) is 169 Å². The van der Waals surface area contributed by atoms with Gasteiger partial charge in [0.15, 0.2) is 5.75 Å². The van der Waals surface area contributed by atoms with Gasteiger partial charge < -0.3 is 37.5 Å². The summed E-state index contributed by atoms with van der Waals surface area (Å²) in [5, 5.41) is 29.5. The van der Waals surface area contributed by atoms with Gasteiger partial charge in [0.05, 0.1) is 52.5 Å². The van der Waals surface area contributed by atoms with Crippen LogP contribution in [0, 0.1) is 61.8 Å². The third kappa shape index (κ3) is 15.3. The van der Waals surface area contributed by atoms with Crippen molar-refractivity contribution in [1.82, 2.24) is 0 Å². The van der Waals surface area contributed by atoms with E-state index in [2.05, 4.69) is 41.9 Å². The molecule has 0 spiro atoms. The molecule has 0 radical (unpaired) electrons. The van der Waals surface area contributed by atoms with Gasteiger partial charge in [0.2, 0.25) is 0 Å². The van der Waals surface area contributed by atoms with Crippen molar-refractivity contribution in [2.24, 2.45) is 10.2 Å². The van der Waals surface area contributed by atoms with Crippen molar-refractivity contribution < 1.29 is 19.3 Å². The number of methoxy groups -OCH3 is 2. The van der Waals surface area contributed by atoms with Crippen LogP contribution in [0.1, 0.15) is 40.8 Å². The van der Waals surface area contributed by atoms with Crippen LogP contribution in [0.2, 0.25) is 0 Å². The number of nitrogens with one attached hydrogen (secondary N) is 2. The van der Waals surface area contributed by atoms with Crippen LogP contribution < -0.4 is 37.5 Å². The molecule has 60 heavy (non-hydrogen) atoms. The molecule has 6 aromatic rings. The molecule has 0 unspecified atom stereocenters. The molecule has 0 heterocycles. The zero-order valence-electron chi connectivity index (χ0n) is 34.4. The Morgan fingerprint density at radius 3 is 1.47 bits per heavy atom. The summed E-state index contributed by atoms with van der Waals surface area (Å²) in [5.41, 5.74) is 34.9. The lowest BCUT2D eigenvalue weighted by atomic mass is 10.1. The molecule has 0 atom stereocenters. The number of rotatable bonds is 9. The smallest absolute Gasteiger partial charge is 0.311 e. The molecule has 0 fully saturated rings. The van der Waals surface area contributed by atoms with E-state index in [1.165, 1.54) is 65.3 Å². The third-order valence-corrected chi connectivity index (χ3v) is 8.86. The summed E-state index contributed by atoms with van der Waals surface area (Å²) in [6.07, 6.45) is 0. The zero-order chi connectivity index (χ0) is 43.6. The fourth-order valence-corrected chi connectivity index (χ4v) is 4.90. The van der Waals surface area contributed by atoms with Crippen LogP contribution in [-0.2, 0) is 0 Å². The predicted molar refractivity (Wildman–Crippen MR) is 245 cm³/mol. The van der Waals surface area contributed by atoms with Crippen LogP contribution in [-0.4, -0.2) is 24.1 Å². The Hall–Kier alpha value is -7.68. The number of hydrazine groups is 1. The van der Waals surface area contributed by atoms with Crippen LogP contribution in [0.4, 0.5) is 51.2 Å². The second-order valence-electron chi connectivity index (χ2n) is 13.3. The highest BCUT2D eigenvalue weighted by molar-refractivity contribution is 5.60. The quantitative estimate of drug-likeness (QED) is 0.0398. The summed E-state index contributed by atoms with van der Waals surface area (Å²) >= 11 is 0. The number of hydrogen-bond donors (Lipinski definition) is 5. The number of nitro benzene ring substituents is 2. The van der Waals surface area contributed by atoms with Gasteiger partial charge in [-0.25, -0.2) is 0 Å². The summed E-state index contributed by atoms with van der Waals surface area (Å²) in [7, 11) is 2.94. The van der Waals surface area contributed by atoms with Crippen molar-refractivity contribution >= 4 is 51.2 Å². The minimum absolute atomic E-state index is 0. The Kier molecular flexibility index (Phi) is 19.0. The Balaban J connectivity index is 0.000000290. The van der Waals surface area contributed by atoms with E-state index in [1.807, 2.05) is 75.4 Å². The fourth-order valence-electron chi connectivity index (χ4n) is 4.90. The number of nitrogen functional groups attached to an aromatic ring is 3. The first-order chi connectivity index (χ1) is 28.0. The molecule has 0 saturated carbocycles. The molecule has 0 aromatic heterocycles. The molecule has 15 heteroatoms. The Morgan fingerprint density at radius 2 is 0.967 bits per heavy atom. The van der Waals surface area contributed by atoms with Gasteiger partial charge in [0, 0.05) is 41.7 Å². The van der Waals surface area contributed by atoms with Crippen LogP contribution in [0.25, 0.3) is 0 Å². The van der Waals surface area contributed by atoms with Crippen LogP contribution in [0.3, 0.4) is 0 Å². The molecule has 0 aliphatic rings. The van der Waals surface area contributed by atoms with Crippen molar-refractivity contribution in [1.29, 1.82) is 0 Å². The van der Waals surface area contributed by atoms with Crippen LogP contribution in [0.15, 0.2) is 125 Å². The Morgan fingerprint density at radius 1 is 0.500 bits per heavy atom. The van der Waals surface area contributed by atoms with Gasteiger partial charge in [0.1, 0.15) is 5.75 Å². The summed E-state index contributed by atoms with van der Waals surface area (Å²) < 4.78 is 9.91. The number of nitrogens with two attached hydrogens (primary N) is 3. The van der Waals surface area contributed by atoms with E-state index in [-0.39, 0.29) is 24.6 Å². The summed E-state index contributed by atoms with van der Waals surface area (Å²) in [6.45, 7) is 12.3. The molecule has 0 amide bonds. The minimum Gasteiger partial charge on any atom is -0.495 e. The molecule has 0 aliphatic carbocycles. The number of azo groups is 1. The second kappa shape index (κ2) is 23.5. The lowest BCUT2D eigenvalue weighted by Gasteiger charge is -2.11. The summed E-state index contributed by atoms with van der Waals surface area (Å²) in [4.78, 5) is 20.4. The number of ether oxygens (including phenoxy) is 2. The number of nitrogens with zero attached hydrogens (tertiary/aromatic N) is 4. The number of hydrogen-bond acceptors (Lipinski definition) is 13. The van der Waals surface area contributed by atoms with E-state index < -0.39 is 9.85 Å². The number of nitro groups is 2. The highest BCUT2D eigenvalue weighted by Crippen LogP contribution is 2.32. The molecule has 6 rings (SSSR count). The van der Waals surface area contributed by atoms with Gasteiger partial charge in [0.25, 0.3) is 5.69 Å². The predicted octanol–water partition coefficient (Wildman–Crippen LogP) is 11.7. The molecule has 6 aromatic carbocycles. The zero-order valence-corrected chi connectivity index (χ0v) is 34.4. The largest absolute Gasteiger partial charge is 0.495 e. The molecule has 316 valence electrons. The first kappa shape index (κ1) is 48.5. The number of non-ortho nitro benzene ring substituents is 1. The average Bonchev–Trinajstić information content (AvgIpc) is 3.21. The number of anilines is 5. The first-order valence-electron chi connectivity index (χ1n) is 18.2. The molecular formula is C45H55N9O6. The van der Waals surface area contributed by atoms with Gasteiger partial charge in [-0.05, 0) is 142 Å². The SMILES string of the molecule is C.COc1cc(N)ccc1N.COc1cc(N=Nc2ccc(C)c(C)c2)ccc1[N+](=O)[O-].Cc1ccc(N)cc1C.Cc1ccc(NNc2ccc([N+](=O)[O-])cc2)cc1C. The summed E-state index contributed by atoms with van der Waals surface area (Å²) in [6, 6.07) is 33.5. The fraction of sp³-hybridized carbons (Fsp3) is 0.200. The normalized spacial score (nSPS) is 9.93. The number of aryl methyl sites for hydroxylation is 6. The monoisotopic (exact) mass is 817 g/mol. The van der Waals surface area contributed by atoms with E-state index in [9.17, 15) is 20.2 Å². The standard InChI is InChI=1S/C15H15N3O3.C14H15N3O2.C8H11N.C7H10N2O.CH4/c1-10-4-5-12(8-11(10)2)16-17-13-6-7-14(18(19)20)15(9-13)21-3;1-10-3-4-13(9-11(10)2)16-15-12-5-7-14(8-6-12)17(18)19;1-6-3-4-8(9)5-7(6)2;1-10-7-4-5(8)2-3-6(7)9;/h4-9H,1-3H3;3-9,15-16H,1-2H3;3-5H,9H2,1-2H3;2-4H,8-9H2,1H3;1H4. The van der Waals surface area contributed by atoms with E-state index in [0.717, 1.165) is 28.3 Å². The van der Waals surface area contributed by atoms with Crippen molar-refractivity contribution in [3.63, 3.8) is 0 Å². The second-order valence-corrected chi connectivity index (χ2v) is 13.3. The van der Waals surface area contributed by atoms with Gasteiger partial charge in [-0.1, -0.05) is 25.6 Å². The number of benzene rings is 6. The van der Waals surface area contributed by atoms with Gasteiger partial charge in [-0.15, -0.1) is 0 Å². The summed E-state index contributed by atoms with van der Waals surface area (Å²) in [5.74, 6) is 0.788. The third-order valence-electron chi connectivity index (χ3n) is 8.86. The maximum atomic E-state index is 10.8. The van der Waals surface area contributed by atoms with E-state index >= 15 is 0 Å². The van der Waals surface area contributed by atoms with Crippen molar-refractivity contribution in [3.8, 4) is 11.5 Å². The van der Waals surface area contributed by atoms with E-state index in [4.69, 9.17) is 26.7 Å². The Bertz CT molecular complexity index is 2390. The average molecular weight is 818 g/mol. The van der Waals surface area contributed by atoms with E-state index in [0.29, 0.717) is 22.8 Å². The molecule has 0 saturated heterocycles. The maximum absolute atomic E-state index is 10.8. The molecular weight excluding hydrogens is 763 g/mol. The first-order valence-corrected chi connectivity index (χ1v) is 18.2. The molecule has 0 aliphatic heterocycles. The van der Waals surface area contributed by atoms with E-state index in [1.54, 1.807) is 37.4 Å². The topological polar surface area (TPSA) is 232 Å². The van der Waals surface area contributed by atoms with Gasteiger partial charge in [-0.3, -0.25) is 20.2 Å². The minimum atomic E-state index is -0.497. The van der Waals surface area contributed by atoms with Crippen LogP contribution in [0.5, 0.6) is 11.5 Å². The van der Waals surface area contributed by atoms with Gasteiger partial charge >= 0.3 is 5.69 Å². The lowest BCUT2D eigenvalue weighted by molar-refractivity contribution is -0.385. The van der Waals surface area contributed by atoms with Gasteiger partial charge in [-0.2, -0.15) is 10.2 Å². The van der Waals surface area contributed by atoms with Crippen LogP contribution >= 0.6 is 0 Å². The van der Waals surface area contributed by atoms with Crippen molar-refractivity contribution in [2.45, 2.75) is 49.0 Å². The maximum Gasteiger partial charge on any atom is 0.311 e. The molecule has 8 N–H and O–H groups in total. The lowest BCUT2D eigenvalue weighted by Crippen LogP contribution is -2.08. The molecule has 15 nitrogen and oxygen atoms in total.